The molecule has 0 spiro atoms. The molecule has 0 aliphatic carbocycles. The van der Waals surface area contributed by atoms with Gasteiger partial charge in [-0.15, -0.1) is 0 Å². The molecule has 2 N–H and O–H groups in total. The van der Waals surface area contributed by atoms with E-state index >= 15 is 0 Å². The molecule has 21 heavy (non-hydrogen) atoms. The Balaban J connectivity index is 2.13. The molecule has 1 unspecified atom stereocenters. The summed E-state index contributed by atoms with van der Waals surface area (Å²) in [5.74, 6) is -0.354. The van der Waals surface area contributed by atoms with E-state index in [1.54, 1.807) is 12.1 Å². The number of thioether (sulfide) groups is 1. The van der Waals surface area contributed by atoms with E-state index in [2.05, 4.69) is 4.98 Å². The average Bonchev–Trinajstić information content (AvgIpc) is 2.45. The lowest BCUT2D eigenvalue weighted by Crippen LogP contribution is -2.10. The standard InChI is InChI=1S/C14H12F4N2S/c15-11-4-1-9(2-5-11)12(7-19)21-13-6-3-10(8-20-13)14(16,17)18/h1-6,8,12H,7,19H2. The Bertz CT molecular complexity index is 581. The van der Waals surface area contributed by atoms with E-state index in [1.807, 2.05) is 0 Å². The third-order valence-corrected chi connectivity index (χ3v) is 4.01. The van der Waals surface area contributed by atoms with Gasteiger partial charge in [0.1, 0.15) is 5.82 Å². The molecule has 1 atom stereocenters. The molecule has 7 heteroatoms. The molecule has 0 radical (unpaired) electrons. The van der Waals surface area contributed by atoms with Gasteiger partial charge in [0.25, 0.3) is 0 Å². The summed E-state index contributed by atoms with van der Waals surface area (Å²) in [7, 11) is 0. The largest absolute Gasteiger partial charge is 0.417 e. The van der Waals surface area contributed by atoms with Crippen molar-refractivity contribution in [2.75, 3.05) is 6.54 Å². The van der Waals surface area contributed by atoms with Crippen molar-refractivity contribution in [1.29, 1.82) is 0 Å². The highest BCUT2D eigenvalue weighted by molar-refractivity contribution is 7.99. The lowest BCUT2D eigenvalue weighted by Gasteiger charge is -2.14. The van der Waals surface area contributed by atoms with Crippen LogP contribution in [0.25, 0.3) is 0 Å². The number of aromatic nitrogens is 1. The maximum Gasteiger partial charge on any atom is 0.417 e. The predicted octanol–water partition coefficient (Wildman–Crippen LogP) is 4.03. The Labute approximate surface area is 123 Å². The second kappa shape index (κ2) is 6.44. The van der Waals surface area contributed by atoms with Crippen LogP contribution in [0.2, 0.25) is 0 Å². The maximum atomic E-state index is 12.9. The van der Waals surface area contributed by atoms with Crippen LogP contribution in [-0.4, -0.2) is 11.5 Å². The lowest BCUT2D eigenvalue weighted by molar-refractivity contribution is -0.137. The number of halogens is 4. The fraction of sp³-hybridized carbons (Fsp3) is 0.214. The molecular formula is C14H12F4N2S. The first-order chi connectivity index (χ1) is 9.90. The van der Waals surface area contributed by atoms with Crippen molar-refractivity contribution in [3.8, 4) is 0 Å². The van der Waals surface area contributed by atoms with Crippen LogP contribution in [0.1, 0.15) is 16.4 Å². The maximum absolute atomic E-state index is 12.9. The third-order valence-electron chi connectivity index (χ3n) is 2.78. The van der Waals surface area contributed by atoms with Gasteiger partial charge < -0.3 is 5.73 Å². The van der Waals surface area contributed by atoms with Crippen molar-refractivity contribution in [2.45, 2.75) is 16.5 Å². The van der Waals surface area contributed by atoms with Gasteiger partial charge in [0.2, 0.25) is 0 Å². The van der Waals surface area contributed by atoms with Crippen molar-refractivity contribution in [3.05, 3.63) is 59.5 Å². The van der Waals surface area contributed by atoms with Gasteiger partial charge in [-0.05, 0) is 29.8 Å². The SMILES string of the molecule is NCC(Sc1ccc(C(F)(F)F)cn1)c1ccc(F)cc1. The molecule has 1 aromatic carbocycles. The second-order valence-corrected chi connectivity index (χ2v) is 5.50. The lowest BCUT2D eigenvalue weighted by atomic mass is 10.1. The fourth-order valence-corrected chi connectivity index (χ4v) is 2.63. The fourth-order valence-electron chi connectivity index (χ4n) is 1.69. The summed E-state index contributed by atoms with van der Waals surface area (Å²) in [6.07, 6.45) is -3.61. The molecular weight excluding hydrogens is 304 g/mol. The summed E-state index contributed by atoms with van der Waals surface area (Å²) in [5.41, 5.74) is 5.67. The first-order valence-electron chi connectivity index (χ1n) is 6.05. The van der Waals surface area contributed by atoms with Crippen LogP contribution >= 0.6 is 11.8 Å². The Morgan fingerprint density at radius 3 is 2.24 bits per heavy atom. The highest BCUT2D eigenvalue weighted by Gasteiger charge is 2.30. The monoisotopic (exact) mass is 316 g/mol. The van der Waals surface area contributed by atoms with Gasteiger partial charge in [0.15, 0.2) is 0 Å². The van der Waals surface area contributed by atoms with Crippen LogP contribution in [0.15, 0.2) is 47.6 Å². The average molecular weight is 316 g/mol. The Morgan fingerprint density at radius 1 is 1.10 bits per heavy atom. The molecule has 0 amide bonds. The van der Waals surface area contributed by atoms with Crippen LogP contribution in [0.4, 0.5) is 17.6 Å². The van der Waals surface area contributed by atoms with Crippen LogP contribution in [-0.2, 0) is 6.18 Å². The zero-order chi connectivity index (χ0) is 15.5. The first kappa shape index (κ1) is 15.8. The molecule has 0 saturated carbocycles. The van der Waals surface area contributed by atoms with Gasteiger partial charge in [0.05, 0.1) is 10.6 Å². The molecule has 0 fully saturated rings. The number of nitrogens with two attached hydrogens (primary N) is 1. The smallest absolute Gasteiger partial charge is 0.329 e. The number of hydrogen-bond acceptors (Lipinski definition) is 3. The van der Waals surface area contributed by atoms with Crippen molar-refractivity contribution < 1.29 is 17.6 Å². The van der Waals surface area contributed by atoms with Crippen molar-refractivity contribution in [1.82, 2.24) is 4.98 Å². The number of rotatable bonds is 4. The van der Waals surface area contributed by atoms with Crippen LogP contribution in [0.3, 0.4) is 0 Å². The Morgan fingerprint density at radius 2 is 1.76 bits per heavy atom. The summed E-state index contributed by atoms with van der Waals surface area (Å²) in [6.45, 7) is 0.263. The van der Waals surface area contributed by atoms with E-state index in [0.29, 0.717) is 5.03 Å². The molecule has 1 aromatic heterocycles. The van der Waals surface area contributed by atoms with Gasteiger partial charge in [-0.3, -0.25) is 0 Å². The highest BCUT2D eigenvalue weighted by atomic mass is 32.2. The van der Waals surface area contributed by atoms with Gasteiger partial charge in [-0.2, -0.15) is 13.2 Å². The molecule has 112 valence electrons. The molecule has 1 heterocycles. The van der Waals surface area contributed by atoms with Gasteiger partial charge >= 0.3 is 6.18 Å². The number of benzene rings is 1. The number of pyridine rings is 1. The molecule has 2 rings (SSSR count). The highest BCUT2D eigenvalue weighted by Crippen LogP contribution is 2.35. The summed E-state index contributed by atoms with van der Waals surface area (Å²) in [6, 6.07) is 8.12. The molecule has 0 aliphatic rings. The van der Waals surface area contributed by atoms with E-state index < -0.39 is 11.7 Å². The predicted molar refractivity (Wildman–Crippen MR) is 73.3 cm³/mol. The summed E-state index contributed by atoms with van der Waals surface area (Å²) in [5, 5.41) is 0.234. The first-order valence-corrected chi connectivity index (χ1v) is 6.93. The van der Waals surface area contributed by atoms with Crippen LogP contribution in [0, 0.1) is 5.82 Å². The topological polar surface area (TPSA) is 38.9 Å². The van der Waals surface area contributed by atoms with Gasteiger partial charge in [0, 0.05) is 18.0 Å². The van der Waals surface area contributed by atoms with Crippen molar-refractivity contribution in [3.63, 3.8) is 0 Å². The van der Waals surface area contributed by atoms with Gasteiger partial charge in [-0.25, -0.2) is 9.37 Å². The van der Waals surface area contributed by atoms with E-state index in [9.17, 15) is 17.6 Å². The molecule has 0 bridgehead atoms. The van der Waals surface area contributed by atoms with Gasteiger partial charge in [-0.1, -0.05) is 23.9 Å². The normalized spacial score (nSPS) is 13.2. The molecule has 2 nitrogen and oxygen atoms in total. The molecule has 0 saturated heterocycles. The minimum Gasteiger partial charge on any atom is -0.329 e. The quantitative estimate of drug-likeness (QED) is 0.684. The minimum absolute atomic E-state index is 0.199. The number of alkyl halides is 3. The molecule has 0 aliphatic heterocycles. The summed E-state index contributed by atoms with van der Waals surface area (Å²) in [4.78, 5) is 3.79. The van der Waals surface area contributed by atoms with E-state index in [1.165, 1.54) is 30.0 Å². The van der Waals surface area contributed by atoms with Crippen molar-refractivity contribution in [2.24, 2.45) is 5.73 Å². The van der Waals surface area contributed by atoms with Crippen LogP contribution < -0.4 is 5.73 Å². The van der Waals surface area contributed by atoms with E-state index in [-0.39, 0.29) is 17.6 Å². The number of hydrogen-bond donors (Lipinski definition) is 1. The zero-order valence-corrected chi connectivity index (χ0v) is 11.6. The van der Waals surface area contributed by atoms with Crippen molar-refractivity contribution >= 4 is 11.8 Å². The second-order valence-electron chi connectivity index (χ2n) is 4.28. The Kier molecular flexibility index (Phi) is 4.84. The summed E-state index contributed by atoms with van der Waals surface area (Å²) < 4.78 is 50.2. The van der Waals surface area contributed by atoms with E-state index in [0.717, 1.165) is 17.8 Å². The number of nitrogens with zero attached hydrogens (tertiary/aromatic N) is 1. The summed E-state index contributed by atoms with van der Waals surface area (Å²) >= 11 is 1.24. The molecule has 2 aromatic rings. The minimum atomic E-state index is -4.40. The van der Waals surface area contributed by atoms with Crippen LogP contribution in [0.5, 0.6) is 0 Å². The zero-order valence-electron chi connectivity index (χ0n) is 10.8. The van der Waals surface area contributed by atoms with E-state index in [4.69, 9.17) is 5.73 Å². The third kappa shape index (κ3) is 4.18. The Hall–Kier alpha value is -1.60.